The largest absolute Gasteiger partial charge is 0.312 e. The van der Waals surface area contributed by atoms with Crippen molar-refractivity contribution in [2.45, 2.75) is 65.1 Å². The minimum absolute atomic E-state index is 0. The van der Waals surface area contributed by atoms with E-state index in [0.29, 0.717) is 52.3 Å². The molecule has 10 heteroatoms. The molecule has 0 amide bonds. The highest BCUT2D eigenvalue weighted by atomic mass is 35.5. The van der Waals surface area contributed by atoms with E-state index in [9.17, 15) is 13.6 Å². The Morgan fingerprint density at radius 3 is 2.36 bits per heavy atom. The first-order chi connectivity index (χ1) is 16.7. The Morgan fingerprint density at radius 1 is 1.06 bits per heavy atom. The molecule has 0 aliphatic carbocycles. The molecule has 4 aromatic rings. The van der Waals surface area contributed by atoms with Gasteiger partial charge in [-0.1, -0.05) is 0 Å². The molecule has 1 aromatic carbocycles. The van der Waals surface area contributed by atoms with E-state index in [4.69, 9.17) is 10.1 Å². The third kappa shape index (κ3) is 5.03. The van der Waals surface area contributed by atoms with Gasteiger partial charge in [-0.05, 0) is 69.9 Å². The van der Waals surface area contributed by atoms with Crippen LogP contribution in [0.5, 0.6) is 0 Å². The fraction of sp³-hybridized carbons (Fsp3) is 0.385. The van der Waals surface area contributed by atoms with Crippen LogP contribution in [0.15, 0.2) is 35.3 Å². The number of H-pyrrole nitrogens is 1. The van der Waals surface area contributed by atoms with Crippen molar-refractivity contribution in [1.82, 2.24) is 30.0 Å². The molecule has 3 aromatic heterocycles. The molecular weight excluding hydrogens is 486 g/mol. The Labute approximate surface area is 213 Å². The number of aromatic nitrogens is 5. The second-order valence-electron chi connectivity index (χ2n) is 9.67. The lowest BCUT2D eigenvalue weighted by atomic mass is 9.95. The average Bonchev–Trinajstić information content (AvgIpc) is 3.10. The number of hydrogen-bond acceptors (Lipinski definition) is 5. The summed E-state index contributed by atoms with van der Waals surface area (Å²) in [6.07, 6.45) is 3.85. The predicted octanol–water partition coefficient (Wildman–Crippen LogP) is 4.79. The van der Waals surface area contributed by atoms with Crippen LogP contribution in [0.4, 0.5) is 8.78 Å². The molecular formula is C26H29ClF2N6O. The van der Waals surface area contributed by atoms with Gasteiger partial charge in [0.15, 0.2) is 5.65 Å². The van der Waals surface area contributed by atoms with Crippen LogP contribution in [0.1, 0.15) is 55.4 Å². The SMILES string of the molecule is Cc1cc(-c2cc(F)cc(F)c2)ncc1Cc1nc2c(c(C)nn2C2C[C@@H](C)N[C@@H](C)C2)c(=O)[nH]1.Cl. The van der Waals surface area contributed by atoms with Gasteiger partial charge in [0, 0.05) is 36.3 Å². The maximum Gasteiger partial charge on any atom is 0.262 e. The van der Waals surface area contributed by atoms with Gasteiger partial charge < -0.3 is 10.3 Å². The molecule has 0 spiro atoms. The highest BCUT2D eigenvalue weighted by molar-refractivity contribution is 5.85. The summed E-state index contributed by atoms with van der Waals surface area (Å²) in [5.41, 5.74) is 3.65. The molecule has 0 saturated carbocycles. The number of rotatable bonds is 4. The number of benzene rings is 1. The van der Waals surface area contributed by atoms with Crippen LogP contribution in [0.3, 0.4) is 0 Å². The van der Waals surface area contributed by atoms with E-state index in [1.54, 1.807) is 12.3 Å². The highest BCUT2D eigenvalue weighted by Gasteiger charge is 2.28. The predicted molar refractivity (Wildman–Crippen MR) is 138 cm³/mol. The molecule has 1 aliphatic rings. The van der Waals surface area contributed by atoms with Gasteiger partial charge >= 0.3 is 0 Å². The Morgan fingerprint density at radius 2 is 1.72 bits per heavy atom. The lowest BCUT2D eigenvalue weighted by Gasteiger charge is -2.33. The first kappa shape index (κ1) is 25.9. The van der Waals surface area contributed by atoms with Gasteiger partial charge in [0.1, 0.15) is 22.8 Å². The summed E-state index contributed by atoms with van der Waals surface area (Å²) in [5, 5.41) is 8.76. The summed E-state index contributed by atoms with van der Waals surface area (Å²) in [5.74, 6) is -0.778. The Bertz CT molecular complexity index is 1450. The van der Waals surface area contributed by atoms with Crippen molar-refractivity contribution >= 4 is 23.4 Å². The number of nitrogens with one attached hydrogen (secondary N) is 2. The maximum atomic E-state index is 13.6. The van der Waals surface area contributed by atoms with E-state index in [1.165, 1.54) is 12.1 Å². The lowest BCUT2D eigenvalue weighted by molar-refractivity contribution is 0.253. The highest BCUT2D eigenvalue weighted by Crippen LogP contribution is 2.28. The zero-order chi connectivity index (χ0) is 24.9. The topological polar surface area (TPSA) is 88.5 Å². The summed E-state index contributed by atoms with van der Waals surface area (Å²) in [6, 6.07) is 5.99. The molecule has 0 bridgehead atoms. The molecule has 4 heterocycles. The average molecular weight is 515 g/mol. The zero-order valence-corrected chi connectivity index (χ0v) is 21.4. The van der Waals surface area contributed by atoms with Gasteiger partial charge in [0.2, 0.25) is 0 Å². The molecule has 36 heavy (non-hydrogen) atoms. The minimum atomic E-state index is -0.650. The van der Waals surface area contributed by atoms with E-state index < -0.39 is 11.6 Å². The fourth-order valence-electron chi connectivity index (χ4n) is 5.14. The van der Waals surface area contributed by atoms with Crippen LogP contribution in [-0.4, -0.2) is 36.8 Å². The summed E-state index contributed by atoms with van der Waals surface area (Å²) < 4.78 is 29.2. The van der Waals surface area contributed by atoms with Gasteiger partial charge in [-0.2, -0.15) is 5.10 Å². The van der Waals surface area contributed by atoms with Crippen LogP contribution in [0.25, 0.3) is 22.3 Å². The molecule has 1 saturated heterocycles. The molecule has 1 fully saturated rings. The molecule has 7 nitrogen and oxygen atoms in total. The summed E-state index contributed by atoms with van der Waals surface area (Å²) in [4.78, 5) is 25.1. The van der Waals surface area contributed by atoms with Crippen molar-refractivity contribution in [3.63, 3.8) is 0 Å². The number of pyridine rings is 1. The standard InChI is InChI=1S/C26H28F2N6O.ClH/c1-13-5-22(17-8-19(27)11-20(28)9-17)29-12-18(13)10-23-31-25-24(26(35)32-23)16(4)33-34(25)21-6-14(2)30-15(3)7-21;/h5,8-9,11-12,14-15,21,30H,6-7,10H2,1-4H3,(H,31,32,35);1H/t14-,15+,21?;. The molecule has 5 rings (SSSR count). The first-order valence-corrected chi connectivity index (χ1v) is 11.8. The van der Waals surface area contributed by atoms with E-state index in [2.05, 4.69) is 29.1 Å². The number of hydrogen-bond donors (Lipinski definition) is 2. The smallest absolute Gasteiger partial charge is 0.262 e. The molecule has 2 N–H and O–H groups in total. The van der Waals surface area contributed by atoms with Gasteiger partial charge in [0.05, 0.1) is 17.4 Å². The van der Waals surface area contributed by atoms with Crippen molar-refractivity contribution in [2.24, 2.45) is 0 Å². The van der Waals surface area contributed by atoms with Gasteiger partial charge in [0.25, 0.3) is 5.56 Å². The van der Waals surface area contributed by atoms with Crippen LogP contribution in [0, 0.1) is 25.5 Å². The van der Waals surface area contributed by atoms with E-state index in [-0.39, 0.29) is 24.0 Å². The number of piperidine rings is 1. The fourth-order valence-corrected chi connectivity index (χ4v) is 5.14. The van der Waals surface area contributed by atoms with Crippen LogP contribution in [-0.2, 0) is 6.42 Å². The second-order valence-corrected chi connectivity index (χ2v) is 9.67. The van der Waals surface area contributed by atoms with Crippen molar-refractivity contribution in [3.05, 3.63) is 75.1 Å². The second kappa shape index (κ2) is 10.1. The number of fused-ring (bicyclic) bond motifs is 1. The number of halogens is 3. The Balaban J connectivity index is 0.00000304. The first-order valence-electron chi connectivity index (χ1n) is 11.8. The molecule has 190 valence electrons. The van der Waals surface area contributed by atoms with Crippen molar-refractivity contribution in [2.75, 3.05) is 0 Å². The Hall–Kier alpha value is -3.17. The van der Waals surface area contributed by atoms with Gasteiger partial charge in [-0.3, -0.25) is 9.78 Å². The van der Waals surface area contributed by atoms with E-state index in [0.717, 1.165) is 30.0 Å². The van der Waals surface area contributed by atoms with Gasteiger partial charge in [-0.15, -0.1) is 12.4 Å². The molecule has 3 atom stereocenters. The third-order valence-electron chi connectivity index (χ3n) is 6.69. The number of aryl methyl sites for hydroxylation is 2. The third-order valence-corrected chi connectivity index (χ3v) is 6.69. The summed E-state index contributed by atoms with van der Waals surface area (Å²) in [7, 11) is 0. The number of nitrogens with zero attached hydrogens (tertiary/aromatic N) is 4. The van der Waals surface area contributed by atoms with Gasteiger partial charge in [-0.25, -0.2) is 18.4 Å². The van der Waals surface area contributed by atoms with Crippen LogP contribution < -0.4 is 10.9 Å². The Kier molecular flexibility index (Phi) is 7.24. The number of aromatic amines is 1. The zero-order valence-electron chi connectivity index (χ0n) is 20.6. The monoisotopic (exact) mass is 514 g/mol. The minimum Gasteiger partial charge on any atom is -0.312 e. The van der Waals surface area contributed by atoms with Crippen molar-refractivity contribution < 1.29 is 8.78 Å². The van der Waals surface area contributed by atoms with E-state index >= 15 is 0 Å². The molecule has 1 aliphatic heterocycles. The van der Waals surface area contributed by atoms with Crippen molar-refractivity contribution in [1.29, 1.82) is 0 Å². The lowest BCUT2D eigenvalue weighted by Crippen LogP contribution is -2.43. The maximum absolute atomic E-state index is 13.6. The molecule has 0 radical (unpaired) electrons. The molecule has 1 unspecified atom stereocenters. The summed E-state index contributed by atoms with van der Waals surface area (Å²) >= 11 is 0. The van der Waals surface area contributed by atoms with Crippen LogP contribution in [0.2, 0.25) is 0 Å². The summed E-state index contributed by atoms with van der Waals surface area (Å²) in [6.45, 7) is 8.06. The normalized spacial score (nSPS) is 19.9. The quantitative estimate of drug-likeness (QED) is 0.409. The van der Waals surface area contributed by atoms with Crippen LogP contribution >= 0.6 is 12.4 Å². The van der Waals surface area contributed by atoms with Crippen molar-refractivity contribution in [3.8, 4) is 11.3 Å². The van der Waals surface area contributed by atoms with E-state index in [1.807, 2.05) is 18.5 Å².